The van der Waals surface area contributed by atoms with Crippen LogP contribution in [0.5, 0.6) is 0 Å². The van der Waals surface area contributed by atoms with Crippen LogP contribution >= 0.6 is 15.9 Å². The van der Waals surface area contributed by atoms with E-state index >= 15 is 0 Å². The zero-order valence-electron chi connectivity index (χ0n) is 9.20. The Labute approximate surface area is 99.0 Å². The largest absolute Gasteiger partial charge is 0.340 e. The smallest absolute Gasteiger partial charge is 0.225 e. The maximum atomic E-state index is 4.48. The normalized spacial score (nSPS) is 21.0. The average molecular weight is 270 g/mol. The van der Waals surface area contributed by atoms with Crippen molar-refractivity contribution in [1.82, 2.24) is 9.97 Å². The van der Waals surface area contributed by atoms with Crippen molar-refractivity contribution in [2.24, 2.45) is 5.92 Å². The lowest BCUT2D eigenvalue weighted by molar-refractivity contribution is 0.674. The molecule has 0 bridgehead atoms. The Balaban J connectivity index is 2.16. The highest BCUT2D eigenvalue weighted by atomic mass is 79.9. The van der Waals surface area contributed by atoms with Gasteiger partial charge in [0.25, 0.3) is 0 Å². The molecule has 1 aliphatic rings. The molecule has 4 heteroatoms. The summed E-state index contributed by atoms with van der Waals surface area (Å²) in [6, 6.07) is 2.02. The van der Waals surface area contributed by atoms with Crippen LogP contribution in [0.15, 0.2) is 6.07 Å². The Hall–Kier alpha value is -0.640. The highest BCUT2D eigenvalue weighted by Gasteiger charge is 2.23. The van der Waals surface area contributed by atoms with Crippen LogP contribution in [0.3, 0.4) is 0 Å². The molecule has 1 atom stereocenters. The molecule has 1 aromatic heterocycles. The molecule has 1 aliphatic heterocycles. The summed E-state index contributed by atoms with van der Waals surface area (Å²) in [6.45, 7) is 6.21. The van der Waals surface area contributed by atoms with Gasteiger partial charge in [-0.1, -0.05) is 15.9 Å². The molecule has 0 aromatic carbocycles. The summed E-state index contributed by atoms with van der Waals surface area (Å²) in [6.07, 6.45) is 1.24. The first-order chi connectivity index (χ1) is 7.19. The third-order valence-electron chi connectivity index (χ3n) is 2.76. The van der Waals surface area contributed by atoms with E-state index in [0.29, 0.717) is 0 Å². The van der Waals surface area contributed by atoms with E-state index in [9.17, 15) is 0 Å². The van der Waals surface area contributed by atoms with Crippen LogP contribution in [0, 0.1) is 19.8 Å². The summed E-state index contributed by atoms with van der Waals surface area (Å²) < 4.78 is 0. The predicted octanol–water partition coefficient (Wildman–Crippen LogP) is 2.31. The molecule has 1 aromatic rings. The van der Waals surface area contributed by atoms with E-state index in [1.54, 1.807) is 0 Å². The van der Waals surface area contributed by atoms with E-state index < -0.39 is 0 Å². The van der Waals surface area contributed by atoms with E-state index in [-0.39, 0.29) is 0 Å². The molecule has 82 valence electrons. The molecule has 0 spiro atoms. The zero-order valence-corrected chi connectivity index (χ0v) is 10.8. The molecule has 0 saturated carbocycles. The lowest BCUT2D eigenvalue weighted by atomic mass is 10.2. The van der Waals surface area contributed by atoms with E-state index in [2.05, 4.69) is 30.8 Å². The van der Waals surface area contributed by atoms with Gasteiger partial charge in [0.1, 0.15) is 0 Å². The van der Waals surface area contributed by atoms with Gasteiger partial charge in [0.05, 0.1) is 0 Å². The van der Waals surface area contributed by atoms with Gasteiger partial charge in [0.2, 0.25) is 5.95 Å². The lowest BCUT2D eigenvalue weighted by Gasteiger charge is -2.16. The molecule has 15 heavy (non-hydrogen) atoms. The second-order valence-electron chi connectivity index (χ2n) is 4.21. The molecule has 0 amide bonds. The topological polar surface area (TPSA) is 29.0 Å². The number of hydrogen-bond donors (Lipinski definition) is 0. The highest BCUT2D eigenvalue weighted by Crippen LogP contribution is 2.22. The Bertz CT molecular complexity index is 333. The minimum Gasteiger partial charge on any atom is -0.340 e. The second kappa shape index (κ2) is 4.47. The fourth-order valence-electron chi connectivity index (χ4n) is 1.99. The van der Waals surface area contributed by atoms with Crippen molar-refractivity contribution in [2.45, 2.75) is 20.3 Å². The third-order valence-corrected chi connectivity index (χ3v) is 3.67. The van der Waals surface area contributed by atoms with Crippen molar-refractivity contribution in [3.63, 3.8) is 0 Å². The number of hydrogen-bond acceptors (Lipinski definition) is 3. The minimum atomic E-state index is 0.745. The Morgan fingerprint density at radius 2 is 2.07 bits per heavy atom. The van der Waals surface area contributed by atoms with Gasteiger partial charge in [0, 0.05) is 29.8 Å². The molecule has 1 fully saturated rings. The van der Waals surface area contributed by atoms with Crippen molar-refractivity contribution in [3.8, 4) is 0 Å². The van der Waals surface area contributed by atoms with Gasteiger partial charge in [-0.15, -0.1) is 0 Å². The van der Waals surface area contributed by atoms with Crippen molar-refractivity contribution in [1.29, 1.82) is 0 Å². The number of alkyl halides is 1. The lowest BCUT2D eigenvalue weighted by Crippen LogP contribution is -2.22. The number of anilines is 1. The van der Waals surface area contributed by atoms with Crippen LogP contribution in [-0.2, 0) is 0 Å². The van der Waals surface area contributed by atoms with E-state index in [0.717, 1.165) is 41.7 Å². The molecule has 0 aliphatic carbocycles. The molecule has 2 heterocycles. The average Bonchev–Trinajstić information content (AvgIpc) is 2.64. The molecular weight excluding hydrogens is 254 g/mol. The summed E-state index contributed by atoms with van der Waals surface area (Å²) >= 11 is 3.54. The van der Waals surface area contributed by atoms with E-state index in [1.807, 2.05) is 19.9 Å². The van der Waals surface area contributed by atoms with Crippen molar-refractivity contribution in [2.75, 3.05) is 23.3 Å². The monoisotopic (exact) mass is 269 g/mol. The van der Waals surface area contributed by atoms with Crippen molar-refractivity contribution < 1.29 is 0 Å². The van der Waals surface area contributed by atoms with Gasteiger partial charge in [-0.2, -0.15) is 0 Å². The van der Waals surface area contributed by atoms with Crippen LogP contribution < -0.4 is 4.90 Å². The Morgan fingerprint density at radius 3 is 2.60 bits per heavy atom. The van der Waals surface area contributed by atoms with Crippen LogP contribution in [0.1, 0.15) is 17.8 Å². The predicted molar refractivity (Wildman–Crippen MR) is 65.6 cm³/mol. The molecular formula is C11H16BrN3. The Kier molecular flexibility index (Phi) is 3.24. The highest BCUT2D eigenvalue weighted by molar-refractivity contribution is 9.09. The number of halogens is 1. The van der Waals surface area contributed by atoms with Gasteiger partial charge in [-0.3, -0.25) is 0 Å². The third kappa shape index (κ3) is 2.48. The van der Waals surface area contributed by atoms with Gasteiger partial charge in [0.15, 0.2) is 0 Å². The van der Waals surface area contributed by atoms with Gasteiger partial charge in [-0.05, 0) is 32.3 Å². The van der Waals surface area contributed by atoms with Crippen LogP contribution in [0.2, 0.25) is 0 Å². The Morgan fingerprint density at radius 1 is 1.40 bits per heavy atom. The summed E-state index contributed by atoms with van der Waals surface area (Å²) in [4.78, 5) is 11.3. The molecule has 3 nitrogen and oxygen atoms in total. The maximum absolute atomic E-state index is 4.48. The second-order valence-corrected chi connectivity index (χ2v) is 4.85. The summed E-state index contributed by atoms with van der Waals surface area (Å²) in [5.41, 5.74) is 2.11. The fraction of sp³-hybridized carbons (Fsp3) is 0.636. The zero-order chi connectivity index (χ0) is 10.8. The quantitative estimate of drug-likeness (QED) is 0.772. The first kappa shape index (κ1) is 10.9. The standard InChI is InChI=1S/C11H16BrN3/c1-8-5-9(2)14-11(13-8)15-4-3-10(6-12)7-15/h5,10H,3-4,6-7H2,1-2H3. The van der Waals surface area contributed by atoms with E-state index in [4.69, 9.17) is 0 Å². The van der Waals surface area contributed by atoms with Crippen molar-refractivity contribution >= 4 is 21.9 Å². The number of aryl methyl sites for hydroxylation is 2. The summed E-state index contributed by atoms with van der Waals surface area (Å²) in [7, 11) is 0. The molecule has 0 N–H and O–H groups in total. The van der Waals surface area contributed by atoms with Crippen molar-refractivity contribution in [3.05, 3.63) is 17.5 Å². The van der Waals surface area contributed by atoms with Crippen LogP contribution in [-0.4, -0.2) is 28.4 Å². The number of aromatic nitrogens is 2. The number of nitrogens with zero attached hydrogens (tertiary/aromatic N) is 3. The van der Waals surface area contributed by atoms with Crippen LogP contribution in [0.4, 0.5) is 5.95 Å². The maximum Gasteiger partial charge on any atom is 0.225 e. The van der Waals surface area contributed by atoms with Gasteiger partial charge >= 0.3 is 0 Å². The molecule has 2 rings (SSSR count). The SMILES string of the molecule is Cc1cc(C)nc(N2CCC(CBr)C2)n1. The summed E-state index contributed by atoms with van der Waals surface area (Å²) in [5, 5.41) is 1.08. The fourth-order valence-corrected chi connectivity index (χ4v) is 2.52. The number of rotatable bonds is 2. The first-order valence-electron chi connectivity index (χ1n) is 5.32. The summed E-state index contributed by atoms with van der Waals surface area (Å²) in [5.74, 6) is 1.64. The van der Waals surface area contributed by atoms with Crippen LogP contribution in [0.25, 0.3) is 0 Å². The van der Waals surface area contributed by atoms with Gasteiger partial charge < -0.3 is 4.90 Å². The molecule has 1 unspecified atom stereocenters. The minimum absolute atomic E-state index is 0.745. The molecule has 1 saturated heterocycles. The van der Waals surface area contributed by atoms with E-state index in [1.165, 1.54) is 6.42 Å². The van der Waals surface area contributed by atoms with Gasteiger partial charge in [-0.25, -0.2) is 9.97 Å². The first-order valence-corrected chi connectivity index (χ1v) is 6.44. The molecule has 0 radical (unpaired) electrons.